The maximum Gasteiger partial charge on any atom is 0.328 e. The Bertz CT molecular complexity index is 288. The van der Waals surface area contributed by atoms with Crippen molar-refractivity contribution < 1.29 is 14.3 Å². The van der Waals surface area contributed by atoms with Crippen LogP contribution in [0.25, 0.3) is 0 Å². The fourth-order valence-corrected chi connectivity index (χ4v) is 2.13. The highest BCUT2D eigenvalue weighted by Crippen LogP contribution is 2.12. The van der Waals surface area contributed by atoms with Gasteiger partial charge in [0.05, 0.1) is 13.2 Å². The van der Waals surface area contributed by atoms with Crippen molar-refractivity contribution in [3.63, 3.8) is 0 Å². The van der Waals surface area contributed by atoms with Crippen molar-refractivity contribution in [1.82, 2.24) is 10.6 Å². The van der Waals surface area contributed by atoms with E-state index in [9.17, 15) is 9.59 Å². The van der Waals surface area contributed by atoms with E-state index in [1.165, 1.54) is 7.11 Å². The quantitative estimate of drug-likeness (QED) is 0.715. The molecule has 0 aromatic heterocycles. The Morgan fingerprint density at radius 2 is 2.17 bits per heavy atom. The molecule has 3 atom stereocenters. The van der Waals surface area contributed by atoms with Gasteiger partial charge in [-0.15, -0.1) is 0 Å². The number of hydrogen-bond donors (Lipinski definition) is 2. The molecule has 0 saturated carbocycles. The van der Waals surface area contributed by atoms with Gasteiger partial charge in [0.1, 0.15) is 6.04 Å². The molecule has 3 unspecified atom stereocenters. The maximum absolute atomic E-state index is 12.1. The van der Waals surface area contributed by atoms with E-state index in [1.807, 2.05) is 13.8 Å². The van der Waals surface area contributed by atoms with Crippen LogP contribution in [-0.4, -0.2) is 37.6 Å². The van der Waals surface area contributed by atoms with Crippen LogP contribution in [0.5, 0.6) is 0 Å². The van der Waals surface area contributed by atoms with Crippen molar-refractivity contribution in [3.05, 3.63) is 0 Å². The van der Waals surface area contributed by atoms with E-state index >= 15 is 0 Å². The molecule has 1 amide bonds. The van der Waals surface area contributed by atoms with Gasteiger partial charge in [-0.3, -0.25) is 4.79 Å². The van der Waals surface area contributed by atoms with Crippen LogP contribution < -0.4 is 10.6 Å². The summed E-state index contributed by atoms with van der Waals surface area (Å²) in [4.78, 5) is 23.7. The van der Waals surface area contributed by atoms with Crippen molar-refractivity contribution >= 4 is 11.9 Å². The monoisotopic (exact) mass is 256 g/mol. The molecule has 0 spiro atoms. The zero-order valence-corrected chi connectivity index (χ0v) is 11.5. The number of rotatable bonds is 5. The summed E-state index contributed by atoms with van der Waals surface area (Å²) >= 11 is 0. The highest BCUT2D eigenvalue weighted by atomic mass is 16.5. The Kier molecular flexibility index (Phi) is 6.12. The van der Waals surface area contributed by atoms with E-state index in [4.69, 9.17) is 4.74 Å². The topological polar surface area (TPSA) is 67.4 Å². The lowest BCUT2D eigenvalue weighted by Gasteiger charge is -2.27. The lowest BCUT2D eigenvalue weighted by atomic mass is 9.97. The van der Waals surface area contributed by atoms with Crippen molar-refractivity contribution in [1.29, 1.82) is 0 Å². The Labute approximate surface area is 109 Å². The van der Waals surface area contributed by atoms with E-state index in [2.05, 4.69) is 10.6 Å². The lowest BCUT2D eigenvalue weighted by Crippen LogP contribution is -2.53. The Morgan fingerprint density at radius 1 is 1.44 bits per heavy atom. The molecule has 5 nitrogen and oxygen atoms in total. The summed E-state index contributed by atoms with van der Waals surface area (Å²) in [5.74, 6) is -0.385. The van der Waals surface area contributed by atoms with Crippen LogP contribution in [0.1, 0.15) is 39.5 Å². The van der Waals surface area contributed by atoms with Crippen LogP contribution >= 0.6 is 0 Å². The number of ether oxygens (including phenoxy) is 1. The fraction of sp³-hybridized carbons (Fsp3) is 0.846. The number of esters is 1. The molecule has 1 heterocycles. The molecule has 0 aliphatic carbocycles. The highest BCUT2D eigenvalue weighted by molar-refractivity contribution is 5.87. The van der Waals surface area contributed by atoms with E-state index in [-0.39, 0.29) is 23.8 Å². The van der Waals surface area contributed by atoms with Crippen LogP contribution in [0.4, 0.5) is 0 Å². The summed E-state index contributed by atoms with van der Waals surface area (Å²) in [5.41, 5.74) is 0. The second-order valence-corrected chi connectivity index (χ2v) is 4.90. The number of amides is 1. The molecule has 1 aliphatic heterocycles. The fourth-order valence-electron chi connectivity index (χ4n) is 2.13. The first-order valence-corrected chi connectivity index (χ1v) is 6.71. The summed E-state index contributed by atoms with van der Waals surface area (Å²) in [6.07, 6.45) is 3.81. The van der Waals surface area contributed by atoms with Crippen molar-refractivity contribution in [3.8, 4) is 0 Å². The van der Waals surface area contributed by atoms with Crippen molar-refractivity contribution in [2.75, 3.05) is 13.7 Å². The molecule has 0 aromatic rings. The number of methoxy groups -OCH3 is 1. The average molecular weight is 256 g/mol. The molecular weight excluding hydrogens is 232 g/mol. The molecule has 104 valence electrons. The maximum atomic E-state index is 12.1. The van der Waals surface area contributed by atoms with E-state index in [0.29, 0.717) is 0 Å². The molecule has 1 saturated heterocycles. The predicted octanol–water partition coefficient (Wildman–Crippen LogP) is 0.832. The number of piperidine rings is 1. The molecule has 1 rings (SSSR count). The molecule has 1 aliphatic rings. The third kappa shape index (κ3) is 3.98. The second-order valence-electron chi connectivity index (χ2n) is 4.90. The Hall–Kier alpha value is -1.10. The third-order valence-corrected chi connectivity index (χ3v) is 3.59. The minimum atomic E-state index is -0.545. The van der Waals surface area contributed by atoms with E-state index in [1.54, 1.807) is 0 Å². The molecule has 18 heavy (non-hydrogen) atoms. The molecule has 1 fully saturated rings. The van der Waals surface area contributed by atoms with Gasteiger partial charge in [-0.25, -0.2) is 4.79 Å². The van der Waals surface area contributed by atoms with E-state index < -0.39 is 6.04 Å². The molecule has 5 heteroatoms. The molecule has 2 N–H and O–H groups in total. The minimum Gasteiger partial charge on any atom is -0.467 e. The summed E-state index contributed by atoms with van der Waals surface area (Å²) in [6.45, 7) is 4.80. The normalized spacial score (nSPS) is 22.9. The highest BCUT2D eigenvalue weighted by Gasteiger charge is 2.29. The van der Waals surface area contributed by atoms with Gasteiger partial charge in [0.25, 0.3) is 0 Å². The first kappa shape index (κ1) is 15.0. The summed E-state index contributed by atoms with van der Waals surface area (Å²) < 4.78 is 4.75. The van der Waals surface area contributed by atoms with Crippen LogP contribution in [0.2, 0.25) is 0 Å². The van der Waals surface area contributed by atoms with Gasteiger partial charge in [-0.2, -0.15) is 0 Å². The smallest absolute Gasteiger partial charge is 0.328 e. The van der Waals surface area contributed by atoms with Crippen molar-refractivity contribution in [2.24, 2.45) is 5.92 Å². The van der Waals surface area contributed by atoms with Crippen LogP contribution in [0.3, 0.4) is 0 Å². The second kappa shape index (κ2) is 7.36. The SMILES string of the molecule is CCC(C)C(NC(=O)C1CCCCN1)C(=O)OC. The minimum absolute atomic E-state index is 0.0741. The standard InChI is InChI=1S/C13H24N2O3/c1-4-9(2)11(13(17)18-3)15-12(16)10-7-5-6-8-14-10/h9-11,14H,4-8H2,1-3H3,(H,15,16). The zero-order valence-electron chi connectivity index (χ0n) is 11.5. The Morgan fingerprint density at radius 3 is 2.67 bits per heavy atom. The lowest BCUT2D eigenvalue weighted by molar-refractivity contribution is -0.147. The molecule has 0 bridgehead atoms. The number of carbonyl (C=O) groups excluding carboxylic acids is 2. The average Bonchev–Trinajstić information content (AvgIpc) is 2.43. The summed E-state index contributed by atoms with van der Waals surface area (Å²) in [7, 11) is 1.35. The zero-order chi connectivity index (χ0) is 13.5. The van der Waals surface area contributed by atoms with E-state index in [0.717, 1.165) is 32.2 Å². The van der Waals surface area contributed by atoms with Gasteiger partial charge in [0.15, 0.2) is 0 Å². The van der Waals surface area contributed by atoms with Gasteiger partial charge >= 0.3 is 5.97 Å². The number of carbonyl (C=O) groups is 2. The Balaban J connectivity index is 2.58. The number of nitrogens with one attached hydrogen (secondary N) is 2. The van der Waals surface area contributed by atoms with Gasteiger partial charge in [0, 0.05) is 0 Å². The van der Waals surface area contributed by atoms with Crippen LogP contribution in [0.15, 0.2) is 0 Å². The molecule has 0 radical (unpaired) electrons. The predicted molar refractivity (Wildman–Crippen MR) is 69.0 cm³/mol. The van der Waals surface area contributed by atoms with Crippen LogP contribution in [-0.2, 0) is 14.3 Å². The molecular formula is C13H24N2O3. The van der Waals surface area contributed by atoms with Crippen molar-refractivity contribution in [2.45, 2.75) is 51.6 Å². The summed E-state index contributed by atoms with van der Waals surface area (Å²) in [6, 6.07) is -0.716. The van der Waals surface area contributed by atoms with Gasteiger partial charge < -0.3 is 15.4 Å². The first-order chi connectivity index (χ1) is 8.60. The molecule has 0 aromatic carbocycles. The number of hydrogen-bond acceptors (Lipinski definition) is 4. The van der Waals surface area contributed by atoms with Gasteiger partial charge in [-0.05, 0) is 25.3 Å². The van der Waals surface area contributed by atoms with Crippen LogP contribution in [0, 0.1) is 5.92 Å². The third-order valence-electron chi connectivity index (χ3n) is 3.59. The van der Waals surface area contributed by atoms with Gasteiger partial charge in [0.2, 0.25) is 5.91 Å². The summed E-state index contributed by atoms with van der Waals surface area (Å²) in [5, 5.41) is 5.99. The van der Waals surface area contributed by atoms with Gasteiger partial charge in [-0.1, -0.05) is 26.7 Å². The first-order valence-electron chi connectivity index (χ1n) is 6.71. The largest absolute Gasteiger partial charge is 0.467 e.